The third-order valence-corrected chi connectivity index (χ3v) is 10.3. The molecule has 4 nitrogen and oxygen atoms in total. The topological polar surface area (TPSA) is 46.9 Å². The standard InChI is InChI=1S/C43H50N2O2/c1-8-10-26-44-35-22-20-30-16-12-14-18-32(30)40(35)42(4,5)38(44)25-24-37(47)34(29(3)46)28-39-43(6,7)41-33-19-15-13-17-31(33)21-23-36(41)45(39)27-11-9-2/h12-25,28,46-47H,8-11,26-27H2,1-7H3/b34-29+,37-24-,38-25-,39-28-. The third-order valence-electron chi connectivity index (χ3n) is 10.3. The summed E-state index contributed by atoms with van der Waals surface area (Å²) in [5.74, 6) is 0.156. The van der Waals surface area contributed by atoms with Crippen molar-refractivity contribution in [3.63, 3.8) is 0 Å². The number of nitrogens with zero attached hydrogens (tertiary/aromatic N) is 2. The Bertz CT molecular complexity index is 1950. The monoisotopic (exact) mass is 626 g/mol. The van der Waals surface area contributed by atoms with Crippen molar-refractivity contribution < 1.29 is 10.2 Å². The number of anilines is 2. The Morgan fingerprint density at radius 3 is 1.62 bits per heavy atom. The molecule has 2 heterocycles. The van der Waals surface area contributed by atoms with E-state index in [4.69, 9.17) is 0 Å². The molecule has 47 heavy (non-hydrogen) atoms. The molecular weight excluding hydrogens is 576 g/mol. The molecule has 0 saturated heterocycles. The zero-order valence-electron chi connectivity index (χ0n) is 29.2. The first kappa shape index (κ1) is 32.5. The third kappa shape index (κ3) is 5.52. The minimum atomic E-state index is -0.337. The van der Waals surface area contributed by atoms with Gasteiger partial charge in [-0.05, 0) is 82.8 Å². The van der Waals surface area contributed by atoms with Crippen molar-refractivity contribution in [2.75, 3.05) is 22.9 Å². The normalized spacial score (nSPS) is 19.2. The van der Waals surface area contributed by atoms with Crippen molar-refractivity contribution in [2.45, 2.75) is 85.0 Å². The van der Waals surface area contributed by atoms with Gasteiger partial charge in [0.25, 0.3) is 0 Å². The highest BCUT2D eigenvalue weighted by Gasteiger charge is 2.42. The molecule has 4 aromatic carbocycles. The molecule has 0 radical (unpaired) electrons. The number of hydrogen-bond donors (Lipinski definition) is 2. The highest BCUT2D eigenvalue weighted by atomic mass is 16.3. The molecule has 0 aliphatic carbocycles. The molecule has 2 aliphatic heterocycles. The van der Waals surface area contributed by atoms with E-state index in [1.54, 1.807) is 13.0 Å². The molecule has 2 N–H and O–H groups in total. The van der Waals surface area contributed by atoms with Crippen LogP contribution in [0, 0.1) is 0 Å². The second-order valence-corrected chi connectivity index (χ2v) is 14.3. The summed E-state index contributed by atoms with van der Waals surface area (Å²) in [6.45, 7) is 17.0. The van der Waals surface area contributed by atoms with Crippen LogP contribution in [-0.2, 0) is 10.8 Å². The predicted octanol–water partition coefficient (Wildman–Crippen LogP) is 11.5. The molecular formula is C43H50N2O2. The van der Waals surface area contributed by atoms with Gasteiger partial charge in [0.2, 0.25) is 0 Å². The lowest BCUT2D eigenvalue weighted by Crippen LogP contribution is -2.27. The van der Waals surface area contributed by atoms with Gasteiger partial charge in [0.15, 0.2) is 0 Å². The van der Waals surface area contributed by atoms with E-state index in [0.29, 0.717) is 5.57 Å². The number of benzene rings is 4. The first-order valence-electron chi connectivity index (χ1n) is 17.4. The summed E-state index contributed by atoms with van der Waals surface area (Å²) in [5.41, 5.74) is 7.13. The Morgan fingerprint density at radius 2 is 1.13 bits per heavy atom. The lowest BCUT2D eigenvalue weighted by atomic mass is 9.80. The van der Waals surface area contributed by atoms with Gasteiger partial charge in [-0.15, -0.1) is 0 Å². The van der Waals surface area contributed by atoms with Crippen molar-refractivity contribution in [3.8, 4) is 0 Å². The van der Waals surface area contributed by atoms with Crippen molar-refractivity contribution in [2.24, 2.45) is 0 Å². The van der Waals surface area contributed by atoms with Crippen LogP contribution in [0.4, 0.5) is 11.4 Å². The van der Waals surface area contributed by atoms with E-state index in [-0.39, 0.29) is 22.3 Å². The molecule has 2 aliphatic rings. The fourth-order valence-corrected chi connectivity index (χ4v) is 7.89. The Hall–Kier alpha value is -4.44. The molecule has 0 amide bonds. The van der Waals surface area contributed by atoms with Crippen LogP contribution in [0.3, 0.4) is 0 Å². The van der Waals surface area contributed by atoms with Crippen LogP contribution < -0.4 is 9.80 Å². The Labute approximate surface area is 281 Å². The molecule has 0 fully saturated rings. The number of aliphatic hydroxyl groups excluding tert-OH is 2. The average molecular weight is 627 g/mol. The maximum absolute atomic E-state index is 11.8. The van der Waals surface area contributed by atoms with Gasteiger partial charge in [0.05, 0.1) is 5.57 Å². The van der Waals surface area contributed by atoms with Gasteiger partial charge >= 0.3 is 0 Å². The summed E-state index contributed by atoms with van der Waals surface area (Å²) in [6, 6.07) is 26.1. The predicted molar refractivity (Wildman–Crippen MR) is 201 cm³/mol. The number of allylic oxidation sites excluding steroid dienone is 6. The number of aliphatic hydroxyl groups is 2. The minimum absolute atomic E-state index is 0.0594. The van der Waals surface area contributed by atoms with Gasteiger partial charge < -0.3 is 20.0 Å². The lowest BCUT2D eigenvalue weighted by molar-refractivity contribution is 0.385. The molecule has 6 rings (SSSR count). The number of unbranched alkanes of at least 4 members (excludes halogenated alkanes) is 2. The Balaban J connectivity index is 1.45. The van der Waals surface area contributed by atoms with E-state index < -0.39 is 0 Å². The summed E-state index contributed by atoms with van der Waals surface area (Å²) in [7, 11) is 0. The molecule has 0 atom stereocenters. The zero-order valence-corrected chi connectivity index (χ0v) is 29.2. The fourth-order valence-electron chi connectivity index (χ4n) is 7.89. The molecule has 244 valence electrons. The van der Waals surface area contributed by atoms with Crippen molar-refractivity contribution >= 4 is 32.9 Å². The van der Waals surface area contributed by atoms with E-state index in [2.05, 4.69) is 130 Å². The SMILES string of the molecule is CCCCN1\C(=C/C=C(O)/C(/C=C2\N(CCCC)c3ccc4ccccc4c3C2(C)C)=C(\C)O)C(C)(C)c2c1ccc1ccccc21. The van der Waals surface area contributed by atoms with Crippen LogP contribution in [0.15, 0.2) is 120 Å². The van der Waals surface area contributed by atoms with Gasteiger partial charge in [-0.25, -0.2) is 0 Å². The second kappa shape index (κ2) is 12.6. The quantitative estimate of drug-likeness (QED) is 0.143. The van der Waals surface area contributed by atoms with Crippen molar-refractivity contribution in [1.29, 1.82) is 0 Å². The van der Waals surface area contributed by atoms with Gasteiger partial charge in [-0.1, -0.05) is 115 Å². The van der Waals surface area contributed by atoms with Crippen LogP contribution >= 0.6 is 0 Å². The summed E-state index contributed by atoms with van der Waals surface area (Å²) >= 11 is 0. The Kier molecular flexibility index (Phi) is 8.74. The molecule has 0 unspecified atom stereocenters. The smallest absolute Gasteiger partial charge is 0.126 e. The second-order valence-electron chi connectivity index (χ2n) is 14.3. The van der Waals surface area contributed by atoms with E-state index in [1.165, 1.54) is 44.0 Å². The summed E-state index contributed by atoms with van der Waals surface area (Å²) in [4.78, 5) is 4.82. The van der Waals surface area contributed by atoms with E-state index in [0.717, 1.165) is 50.2 Å². The first-order valence-corrected chi connectivity index (χ1v) is 17.4. The molecule has 0 saturated carbocycles. The molecule has 0 spiro atoms. The Morgan fingerprint density at radius 1 is 0.660 bits per heavy atom. The minimum Gasteiger partial charge on any atom is -0.512 e. The molecule has 0 aromatic heterocycles. The summed E-state index contributed by atoms with van der Waals surface area (Å²) < 4.78 is 0. The first-order chi connectivity index (χ1) is 22.5. The van der Waals surface area contributed by atoms with Gasteiger partial charge in [0, 0.05) is 46.7 Å². The summed E-state index contributed by atoms with van der Waals surface area (Å²) in [6.07, 6.45) is 10.2. The van der Waals surface area contributed by atoms with Crippen LogP contribution in [0.1, 0.15) is 85.3 Å². The van der Waals surface area contributed by atoms with E-state index in [9.17, 15) is 10.2 Å². The van der Waals surface area contributed by atoms with E-state index in [1.807, 2.05) is 6.08 Å². The maximum atomic E-state index is 11.8. The van der Waals surface area contributed by atoms with Gasteiger partial charge in [0.1, 0.15) is 11.5 Å². The molecule has 0 bridgehead atoms. The molecule has 4 aromatic rings. The zero-order chi connectivity index (χ0) is 33.5. The fraction of sp³-hybridized carbons (Fsp3) is 0.349. The maximum Gasteiger partial charge on any atom is 0.126 e. The average Bonchev–Trinajstić information content (AvgIpc) is 3.41. The van der Waals surface area contributed by atoms with E-state index >= 15 is 0 Å². The van der Waals surface area contributed by atoms with Crippen LogP contribution in [0.5, 0.6) is 0 Å². The lowest BCUT2D eigenvalue weighted by Gasteiger charge is -2.28. The summed E-state index contributed by atoms with van der Waals surface area (Å²) in [5, 5.41) is 27.8. The highest BCUT2D eigenvalue weighted by Crippen LogP contribution is 2.52. The number of fused-ring (bicyclic) bond motifs is 6. The highest BCUT2D eigenvalue weighted by molar-refractivity contribution is 5.96. The van der Waals surface area contributed by atoms with Crippen LogP contribution in [0.2, 0.25) is 0 Å². The van der Waals surface area contributed by atoms with Crippen molar-refractivity contribution in [3.05, 3.63) is 131 Å². The van der Waals surface area contributed by atoms with Gasteiger partial charge in [-0.3, -0.25) is 0 Å². The van der Waals surface area contributed by atoms with Crippen LogP contribution in [0.25, 0.3) is 21.5 Å². The van der Waals surface area contributed by atoms with Crippen molar-refractivity contribution in [1.82, 2.24) is 0 Å². The van der Waals surface area contributed by atoms with Crippen LogP contribution in [-0.4, -0.2) is 23.3 Å². The molecule has 4 heteroatoms. The number of rotatable bonds is 9. The van der Waals surface area contributed by atoms with Gasteiger partial charge in [-0.2, -0.15) is 0 Å². The largest absolute Gasteiger partial charge is 0.512 e. The number of hydrogen-bond acceptors (Lipinski definition) is 4.